The second-order valence-corrected chi connectivity index (χ2v) is 5.31. The highest BCUT2D eigenvalue weighted by Gasteiger charge is 2.19. The number of ether oxygens (including phenoxy) is 1. The average Bonchev–Trinajstić information content (AvgIpc) is 2.43. The standard InChI is InChI=1S/C17H26O4/c1-4-7-10-14-13(9-6-3)12(8-5-2)11-15(16(14)18)21-17(19)20/h11,18H,4-10H2,1-3H3,(H,19,20). The number of hydrogen-bond donors (Lipinski definition) is 2. The Labute approximate surface area is 126 Å². The maximum absolute atomic E-state index is 10.8. The van der Waals surface area contributed by atoms with Crippen LogP contribution in [0.4, 0.5) is 4.79 Å². The van der Waals surface area contributed by atoms with E-state index in [1.807, 2.05) is 0 Å². The molecule has 0 aliphatic heterocycles. The number of carboxylic acid groups (broad SMARTS) is 1. The van der Waals surface area contributed by atoms with Crippen molar-refractivity contribution >= 4 is 6.16 Å². The zero-order valence-corrected chi connectivity index (χ0v) is 13.2. The fraction of sp³-hybridized carbons (Fsp3) is 0.588. The maximum atomic E-state index is 10.8. The summed E-state index contributed by atoms with van der Waals surface area (Å²) in [6.07, 6.45) is 5.09. The van der Waals surface area contributed by atoms with Gasteiger partial charge in [-0.3, -0.25) is 0 Å². The number of aromatic hydroxyl groups is 1. The van der Waals surface area contributed by atoms with Crippen LogP contribution in [0.2, 0.25) is 0 Å². The number of unbranched alkanes of at least 4 members (excludes halogenated alkanes) is 1. The van der Waals surface area contributed by atoms with E-state index in [9.17, 15) is 9.90 Å². The van der Waals surface area contributed by atoms with Crippen molar-refractivity contribution < 1.29 is 19.7 Å². The molecule has 0 saturated carbocycles. The summed E-state index contributed by atoms with van der Waals surface area (Å²) in [5.41, 5.74) is 3.13. The van der Waals surface area contributed by atoms with E-state index in [1.54, 1.807) is 6.07 Å². The summed E-state index contributed by atoms with van der Waals surface area (Å²) in [6, 6.07) is 1.69. The molecular weight excluding hydrogens is 268 g/mol. The molecule has 0 aliphatic rings. The van der Waals surface area contributed by atoms with Crippen LogP contribution in [0.3, 0.4) is 0 Å². The Balaban J connectivity index is 3.36. The van der Waals surface area contributed by atoms with Gasteiger partial charge in [0.2, 0.25) is 0 Å². The summed E-state index contributed by atoms with van der Waals surface area (Å²) in [5, 5.41) is 19.2. The topological polar surface area (TPSA) is 66.8 Å². The summed E-state index contributed by atoms with van der Waals surface area (Å²) in [5.74, 6) is 0.0612. The van der Waals surface area contributed by atoms with Gasteiger partial charge in [-0.1, -0.05) is 40.0 Å². The summed E-state index contributed by atoms with van der Waals surface area (Å²) in [6.45, 7) is 6.30. The number of aryl methyl sites for hydroxylation is 1. The lowest BCUT2D eigenvalue weighted by atomic mass is 9.90. The van der Waals surface area contributed by atoms with Crippen LogP contribution in [-0.4, -0.2) is 16.4 Å². The van der Waals surface area contributed by atoms with Gasteiger partial charge in [0.1, 0.15) is 0 Å². The first-order chi connectivity index (χ1) is 10.0. The molecule has 118 valence electrons. The van der Waals surface area contributed by atoms with E-state index >= 15 is 0 Å². The Morgan fingerprint density at radius 3 is 2.24 bits per heavy atom. The van der Waals surface area contributed by atoms with E-state index < -0.39 is 6.16 Å². The van der Waals surface area contributed by atoms with Crippen LogP contribution >= 0.6 is 0 Å². The third-order valence-corrected chi connectivity index (χ3v) is 3.57. The van der Waals surface area contributed by atoms with Gasteiger partial charge in [0.15, 0.2) is 11.5 Å². The minimum Gasteiger partial charge on any atom is -0.504 e. The fourth-order valence-electron chi connectivity index (χ4n) is 2.65. The number of benzene rings is 1. The molecule has 0 unspecified atom stereocenters. The minimum absolute atomic E-state index is 0.00541. The number of phenolic OH excluding ortho intramolecular Hbond substituents is 1. The molecular formula is C17H26O4. The van der Waals surface area contributed by atoms with E-state index in [-0.39, 0.29) is 11.5 Å². The van der Waals surface area contributed by atoms with Gasteiger partial charge in [-0.25, -0.2) is 4.79 Å². The zero-order chi connectivity index (χ0) is 15.8. The van der Waals surface area contributed by atoms with Crippen molar-refractivity contribution in [2.75, 3.05) is 0 Å². The van der Waals surface area contributed by atoms with E-state index in [4.69, 9.17) is 9.84 Å². The Morgan fingerprint density at radius 1 is 1.05 bits per heavy atom. The zero-order valence-electron chi connectivity index (χ0n) is 13.2. The van der Waals surface area contributed by atoms with Crippen LogP contribution in [0.25, 0.3) is 0 Å². The van der Waals surface area contributed by atoms with Crippen molar-refractivity contribution in [3.05, 3.63) is 22.8 Å². The molecule has 4 nitrogen and oxygen atoms in total. The number of carbonyl (C=O) groups is 1. The number of hydrogen-bond acceptors (Lipinski definition) is 3. The first-order valence-corrected chi connectivity index (χ1v) is 7.82. The van der Waals surface area contributed by atoms with Crippen LogP contribution in [0.5, 0.6) is 11.5 Å². The Morgan fingerprint density at radius 2 is 1.71 bits per heavy atom. The normalized spacial score (nSPS) is 10.6. The van der Waals surface area contributed by atoms with E-state index in [2.05, 4.69) is 20.8 Å². The van der Waals surface area contributed by atoms with Crippen molar-refractivity contribution in [1.29, 1.82) is 0 Å². The van der Waals surface area contributed by atoms with E-state index in [1.165, 1.54) is 5.56 Å². The average molecular weight is 294 g/mol. The molecule has 2 N–H and O–H groups in total. The van der Waals surface area contributed by atoms with Gasteiger partial charge in [-0.2, -0.15) is 0 Å². The molecule has 1 rings (SSSR count). The van der Waals surface area contributed by atoms with Crippen molar-refractivity contribution in [1.82, 2.24) is 0 Å². The summed E-state index contributed by atoms with van der Waals surface area (Å²) in [7, 11) is 0. The van der Waals surface area contributed by atoms with Gasteiger partial charge in [0.25, 0.3) is 0 Å². The second-order valence-electron chi connectivity index (χ2n) is 5.31. The molecule has 0 atom stereocenters. The molecule has 0 fully saturated rings. The van der Waals surface area contributed by atoms with Crippen LogP contribution in [0, 0.1) is 0 Å². The van der Waals surface area contributed by atoms with Gasteiger partial charge in [0.05, 0.1) is 0 Å². The van der Waals surface area contributed by atoms with Gasteiger partial charge in [-0.05, 0) is 42.9 Å². The molecule has 0 bridgehead atoms. The molecule has 0 aliphatic carbocycles. The van der Waals surface area contributed by atoms with Crippen LogP contribution in [-0.2, 0) is 19.3 Å². The number of rotatable bonds is 8. The molecule has 21 heavy (non-hydrogen) atoms. The molecule has 1 aromatic carbocycles. The highest BCUT2D eigenvalue weighted by Crippen LogP contribution is 2.37. The smallest absolute Gasteiger partial charge is 0.504 e. The minimum atomic E-state index is -1.39. The van der Waals surface area contributed by atoms with Crippen molar-refractivity contribution in [3.63, 3.8) is 0 Å². The van der Waals surface area contributed by atoms with Crippen LogP contribution in [0.15, 0.2) is 6.07 Å². The quantitative estimate of drug-likeness (QED) is 0.539. The van der Waals surface area contributed by atoms with Crippen molar-refractivity contribution in [2.24, 2.45) is 0 Å². The Hall–Kier alpha value is -1.71. The lowest BCUT2D eigenvalue weighted by Crippen LogP contribution is -2.08. The molecule has 0 spiro atoms. The van der Waals surface area contributed by atoms with E-state index in [0.717, 1.165) is 56.1 Å². The van der Waals surface area contributed by atoms with Crippen molar-refractivity contribution in [3.8, 4) is 11.5 Å². The highest BCUT2D eigenvalue weighted by molar-refractivity contribution is 5.65. The van der Waals surface area contributed by atoms with Gasteiger partial charge < -0.3 is 14.9 Å². The van der Waals surface area contributed by atoms with Crippen LogP contribution < -0.4 is 4.74 Å². The third-order valence-electron chi connectivity index (χ3n) is 3.57. The summed E-state index contributed by atoms with van der Waals surface area (Å²) < 4.78 is 4.75. The maximum Gasteiger partial charge on any atom is 0.511 e. The molecule has 0 saturated heterocycles. The monoisotopic (exact) mass is 294 g/mol. The Bertz CT molecular complexity index is 480. The molecule has 0 amide bonds. The first-order valence-electron chi connectivity index (χ1n) is 7.82. The molecule has 0 aromatic heterocycles. The lowest BCUT2D eigenvalue weighted by molar-refractivity contribution is 0.142. The molecule has 4 heteroatoms. The third kappa shape index (κ3) is 4.66. The van der Waals surface area contributed by atoms with Gasteiger partial charge in [0, 0.05) is 5.56 Å². The van der Waals surface area contributed by atoms with Crippen molar-refractivity contribution in [2.45, 2.75) is 65.7 Å². The van der Waals surface area contributed by atoms with Gasteiger partial charge in [-0.15, -0.1) is 0 Å². The fourth-order valence-corrected chi connectivity index (χ4v) is 2.65. The predicted octanol–water partition coefficient (Wildman–Crippen LogP) is 4.70. The number of phenols is 1. The first kappa shape index (κ1) is 17.3. The molecule has 1 aromatic rings. The lowest BCUT2D eigenvalue weighted by Gasteiger charge is -2.18. The Kier molecular flexibility index (Phi) is 7.06. The largest absolute Gasteiger partial charge is 0.511 e. The van der Waals surface area contributed by atoms with E-state index in [0.29, 0.717) is 0 Å². The predicted molar refractivity (Wildman–Crippen MR) is 83.4 cm³/mol. The second kappa shape index (κ2) is 8.55. The van der Waals surface area contributed by atoms with Crippen LogP contribution in [0.1, 0.15) is 63.1 Å². The molecule has 0 radical (unpaired) electrons. The SMILES string of the molecule is CCCCc1c(O)c(OC(=O)O)cc(CCC)c1CCC. The molecule has 0 heterocycles. The summed E-state index contributed by atoms with van der Waals surface area (Å²) in [4.78, 5) is 10.8. The highest BCUT2D eigenvalue weighted by atomic mass is 16.7. The summed E-state index contributed by atoms with van der Waals surface area (Å²) >= 11 is 0. The van der Waals surface area contributed by atoms with Gasteiger partial charge >= 0.3 is 6.16 Å².